The van der Waals surface area contributed by atoms with Gasteiger partial charge in [0, 0.05) is 31.7 Å². The number of nitrogens with zero attached hydrogens (tertiary/aromatic N) is 2. The molecule has 2 aromatic rings. The Hall–Kier alpha value is -2.89. The molecule has 0 bridgehead atoms. The summed E-state index contributed by atoms with van der Waals surface area (Å²) in [5.74, 6) is 1.58. The van der Waals surface area contributed by atoms with Gasteiger partial charge in [0.2, 0.25) is 0 Å². The third-order valence-electron chi connectivity index (χ3n) is 5.24. The molecule has 2 aromatic carbocycles. The van der Waals surface area contributed by atoms with Crippen molar-refractivity contribution in [2.75, 3.05) is 30.8 Å². The number of nitrogens with two attached hydrogens (primary N) is 1. The minimum Gasteiger partial charge on any atom is -0.457 e. The van der Waals surface area contributed by atoms with Gasteiger partial charge in [0.05, 0.1) is 11.4 Å². The lowest BCUT2D eigenvalue weighted by atomic mass is 10.1. The van der Waals surface area contributed by atoms with Crippen LogP contribution in [0.25, 0.3) is 0 Å². The summed E-state index contributed by atoms with van der Waals surface area (Å²) < 4.78 is 11.6. The average molecular weight is 412 g/mol. The number of carbonyl (C=O) groups is 1. The Morgan fingerprint density at radius 3 is 2.57 bits per heavy atom. The van der Waals surface area contributed by atoms with Gasteiger partial charge in [-0.3, -0.25) is 0 Å². The van der Waals surface area contributed by atoms with E-state index in [4.69, 9.17) is 15.2 Å². The second-order valence-corrected chi connectivity index (χ2v) is 8.89. The van der Waals surface area contributed by atoms with E-state index < -0.39 is 5.60 Å². The minimum atomic E-state index is -0.509. The van der Waals surface area contributed by atoms with Crippen LogP contribution in [0.1, 0.15) is 39.2 Å². The molecule has 1 aliphatic heterocycles. The molecule has 0 aliphatic carbocycles. The molecule has 0 aromatic heterocycles. The number of rotatable bonds is 5. The maximum atomic E-state index is 12.4. The molecule has 1 atom stereocenters. The maximum absolute atomic E-state index is 12.4. The molecule has 1 saturated heterocycles. The number of anilines is 2. The summed E-state index contributed by atoms with van der Waals surface area (Å²) in [7, 11) is 1.79. The predicted octanol–water partition coefficient (Wildman–Crippen LogP) is 5.21. The SMILES string of the molecule is Cc1c(Oc2ccccc2)ccc(N)c1N1CCC[C@@H]1CN(C)C(=O)OC(C)(C)C. The second kappa shape index (κ2) is 8.86. The molecule has 6 heteroatoms. The molecular weight excluding hydrogens is 378 g/mol. The van der Waals surface area contributed by atoms with E-state index in [9.17, 15) is 4.79 Å². The Morgan fingerprint density at radius 2 is 1.90 bits per heavy atom. The smallest absolute Gasteiger partial charge is 0.410 e. The highest BCUT2D eigenvalue weighted by Gasteiger charge is 2.31. The van der Waals surface area contributed by atoms with Gasteiger partial charge in [-0.1, -0.05) is 18.2 Å². The van der Waals surface area contributed by atoms with E-state index in [2.05, 4.69) is 4.90 Å². The number of amides is 1. The molecule has 0 unspecified atom stereocenters. The fourth-order valence-electron chi connectivity index (χ4n) is 3.86. The molecule has 6 nitrogen and oxygen atoms in total. The molecule has 1 heterocycles. The normalized spacial score (nSPS) is 16.4. The van der Waals surface area contributed by atoms with Crippen LogP contribution in [-0.2, 0) is 4.74 Å². The van der Waals surface area contributed by atoms with E-state index in [1.807, 2.05) is 70.2 Å². The summed E-state index contributed by atoms with van der Waals surface area (Å²) in [6, 6.07) is 13.7. The number of likely N-dealkylation sites (N-methyl/N-ethyl adjacent to an activating group) is 1. The first-order valence-corrected chi connectivity index (χ1v) is 10.5. The molecule has 2 N–H and O–H groups in total. The molecule has 1 amide bonds. The van der Waals surface area contributed by atoms with Crippen LogP contribution in [0, 0.1) is 6.92 Å². The summed E-state index contributed by atoms with van der Waals surface area (Å²) in [4.78, 5) is 16.4. The first-order chi connectivity index (χ1) is 14.2. The summed E-state index contributed by atoms with van der Waals surface area (Å²) in [5, 5.41) is 0. The third-order valence-corrected chi connectivity index (χ3v) is 5.24. The standard InChI is InChI=1S/C24H33N3O3/c1-17-21(29-19-11-7-6-8-12-19)14-13-20(25)22(17)27-15-9-10-18(27)16-26(5)23(28)30-24(2,3)4/h6-8,11-14,18H,9-10,15-16,25H2,1-5H3/t18-/m1/s1. The largest absolute Gasteiger partial charge is 0.457 e. The van der Waals surface area contributed by atoms with Crippen molar-refractivity contribution in [2.24, 2.45) is 0 Å². The van der Waals surface area contributed by atoms with Crippen molar-refractivity contribution in [2.45, 2.75) is 52.2 Å². The highest BCUT2D eigenvalue weighted by atomic mass is 16.6. The minimum absolute atomic E-state index is 0.176. The Morgan fingerprint density at radius 1 is 1.20 bits per heavy atom. The van der Waals surface area contributed by atoms with Crippen LogP contribution in [0.4, 0.5) is 16.2 Å². The summed E-state index contributed by atoms with van der Waals surface area (Å²) in [6.07, 6.45) is 1.74. The van der Waals surface area contributed by atoms with Gasteiger partial charge in [0.25, 0.3) is 0 Å². The van der Waals surface area contributed by atoms with E-state index in [0.29, 0.717) is 6.54 Å². The lowest BCUT2D eigenvalue weighted by Gasteiger charge is -2.33. The molecule has 1 aliphatic rings. The molecule has 0 saturated carbocycles. The van der Waals surface area contributed by atoms with Crippen molar-refractivity contribution >= 4 is 17.5 Å². The zero-order valence-electron chi connectivity index (χ0n) is 18.6. The fourth-order valence-corrected chi connectivity index (χ4v) is 3.86. The van der Waals surface area contributed by atoms with Gasteiger partial charge in [0.1, 0.15) is 17.1 Å². The van der Waals surface area contributed by atoms with Gasteiger partial charge < -0.3 is 25.0 Å². The predicted molar refractivity (Wildman–Crippen MR) is 121 cm³/mol. The number of carbonyl (C=O) groups excluding carboxylic acids is 1. The van der Waals surface area contributed by atoms with Crippen LogP contribution < -0.4 is 15.4 Å². The van der Waals surface area contributed by atoms with Crippen LogP contribution in [0.2, 0.25) is 0 Å². The van der Waals surface area contributed by atoms with Crippen LogP contribution in [0.3, 0.4) is 0 Å². The van der Waals surface area contributed by atoms with E-state index in [-0.39, 0.29) is 12.1 Å². The Kier molecular flexibility index (Phi) is 6.44. The Balaban J connectivity index is 1.80. The van der Waals surface area contributed by atoms with Gasteiger partial charge in [0.15, 0.2) is 0 Å². The number of hydrogen-bond donors (Lipinski definition) is 1. The number of para-hydroxylation sites is 1. The Labute approximate surface area is 179 Å². The topological polar surface area (TPSA) is 68.0 Å². The first-order valence-electron chi connectivity index (χ1n) is 10.5. The second-order valence-electron chi connectivity index (χ2n) is 8.89. The molecule has 0 spiro atoms. The van der Waals surface area contributed by atoms with Crippen molar-refractivity contribution < 1.29 is 14.3 Å². The number of hydrogen-bond acceptors (Lipinski definition) is 5. The molecule has 30 heavy (non-hydrogen) atoms. The zero-order chi connectivity index (χ0) is 21.9. The molecule has 0 radical (unpaired) electrons. The van der Waals surface area contributed by atoms with E-state index in [1.54, 1.807) is 11.9 Å². The van der Waals surface area contributed by atoms with Gasteiger partial charge in [-0.05, 0) is 64.8 Å². The summed E-state index contributed by atoms with van der Waals surface area (Å²) >= 11 is 0. The lowest BCUT2D eigenvalue weighted by Crippen LogP contribution is -2.43. The van der Waals surface area contributed by atoms with Crippen molar-refractivity contribution in [3.05, 3.63) is 48.0 Å². The third kappa shape index (κ3) is 5.17. The van der Waals surface area contributed by atoms with Crippen LogP contribution in [0.5, 0.6) is 11.5 Å². The van der Waals surface area contributed by atoms with Crippen molar-refractivity contribution in [3.63, 3.8) is 0 Å². The molecule has 3 rings (SSSR count). The van der Waals surface area contributed by atoms with Crippen LogP contribution >= 0.6 is 0 Å². The summed E-state index contributed by atoms with van der Waals surface area (Å²) in [6.45, 7) is 9.15. The van der Waals surface area contributed by atoms with Crippen LogP contribution in [0.15, 0.2) is 42.5 Å². The first kappa shape index (κ1) is 21.8. The quantitative estimate of drug-likeness (QED) is 0.685. The summed E-state index contributed by atoms with van der Waals surface area (Å²) in [5.41, 5.74) is 8.60. The van der Waals surface area contributed by atoms with Crippen LogP contribution in [-0.4, -0.2) is 42.8 Å². The number of ether oxygens (including phenoxy) is 2. The number of benzene rings is 2. The van der Waals surface area contributed by atoms with E-state index in [1.165, 1.54) is 0 Å². The molecular formula is C24H33N3O3. The molecule has 162 valence electrons. The maximum Gasteiger partial charge on any atom is 0.410 e. The van der Waals surface area contributed by atoms with Gasteiger partial charge >= 0.3 is 6.09 Å². The van der Waals surface area contributed by atoms with Gasteiger partial charge in [-0.25, -0.2) is 4.79 Å². The van der Waals surface area contributed by atoms with Crippen molar-refractivity contribution in [3.8, 4) is 11.5 Å². The van der Waals surface area contributed by atoms with E-state index >= 15 is 0 Å². The van der Waals surface area contributed by atoms with Crippen molar-refractivity contribution in [1.82, 2.24) is 4.90 Å². The van der Waals surface area contributed by atoms with Crippen molar-refractivity contribution in [1.29, 1.82) is 0 Å². The lowest BCUT2D eigenvalue weighted by molar-refractivity contribution is 0.0290. The van der Waals surface area contributed by atoms with Gasteiger partial charge in [-0.15, -0.1) is 0 Å². The zero-order valence-corrected chi connectivity index (χ0v) is 18.6. The van der Waals surface area contributed by atoms with Gasteiger partial charge in [-0.2, -0.15) is 0 Å². The molecule has 1 fully saturated rings. The highest BCUT2D eigenvalue weighted by molar-refractivity contribution is 5.75. The monoisotopic (exact) mass is 411 g/mol. The number of nitrogen functional groups attached to an aromatic ring is 1. The van der Waals surface area contributed by atoms with E-state index in [0.717, 1.165) is 47.8 Å². The highest BCUT2D eigenvalue weighted by Crippen LogP contribution is 2.39. The fraction of sp³-hybridized carbons (Fsp3) is 0.458. The average Bonchev–Trinajstić information content (AvgIpc) is 3.11. The Bertz CT molecular complexity index is 877.